The normalized spacial score (nSPS) is 11.3. The Labute approximate surface area is 118 Å². The molecule has 1 aromatic rings. The molecule has 100 valence electrons. The second kappa shape index (κ2) is 6.85. The van der Waals surface area contributed by atoms with E-state index in [4.69, 9.17) is 10.00 Å². The zero-order valence-electron chi connectivity index (χ0n) is 10.3. The van der Waals surface area contributed by atoms with E-state index < -0.39 is 17.9 Å². The summed E-state index contributed by atoms with van der Waals surface area (Å²) in [5.74, 6) is -2.37. The highest BCUT2D eigenvalue weighted by Gasteiger charge is 2.26. The van der Waals surface area contributed by atoms with Gasteiger partial charge in [-0.1, -0.05) is 0 Å². The predicted molar refractivity (Wildman–Crippen MR) is 68.3 cm³/mol. The lowest BCUT2D eigenvalue weighted by atomic mass is 10.1. The summed E-state index contributed by atoms with van der Waals surface area (Å²) in [6.45, 7) is 1.82. The molecule has 0 saturated carbocycles. The number of hydrogen-bond acceptors (Lipinski definition) is 6. The Morgan fingerprint density at radius 3 is 2.74 bits per heavy atom. The minimum atomic E-state index is -1.14. The molecule has 0 aromatic carbocycles. The molecule has 1 rings (SSSR count). The third kappa shape index (κ3) is 3.51. The van der Waals surface area contributed by atoms with Crippen LogP contribution in [0.2, 0.25) is 0 Å². The number of methoxy groups -OCH3 is 1. The van der Waals surface area contributed by atoms with Crippen LogP contribution < -0.4 is 0 Å². The number of carbonyl (C=O) groups excluding carboxylic acids is 2. The topological polar surface area (TPSA) is 89.3 Å². The average molecular weight is 327 g/mol. The molecule has 0 aliphatic heterocycles. The van der Waals surface area contributed by atoms with Crippen LogP contribution in [0.25, 0.3) is 0 Å². The Bertz CT molecular complexity index is 539. The molecule has 0 aliphatic rings. The van der Waals surface area contributed by atoms with Crippen molar-refractivity contribution in [1.29, 1.82) is 5.26 Å². The lowest BCUT2D eigenvalue weighted by molar-refractivity contribution is -0.143. The van der Waals surface area contributed by atoms with Crippen molar-refractivity contribution in [3.05, 3.63) is 28.0 Å². The Morgan fingerprint density at radius 1 is 1.58 bits per heavy atom. The molecule has 1 unspecified atom stereocenters. The fraction of sp³-hybridized carbons (Fsp3) is 0.333. The zero-order chi connectivity index (χ0) is 14.4. The average Bonchev–Trinajstić information content (AvgIpc) is 2.40. The Kier molecular flexibility index (Phi) is 5.45. The fourth-order valence-electron chi connectivity index (χ4n) is 1.34. The summed E-state index contributed by atoms with van der Waals surface area (Å²) in [6, 6.07) is 3.27. The van der Waals surface area contributed by atoms with E-state index in [2.05, 4.69) is 25.7 Å². The molecule has 0 saturated heterocycles. The van der Waals surface area contributed by atoms with Crippen LogP contribution in [0, 0.1) is 11.3 Å². The van der Waals surface area contributed by atoms with E-state index in [9.17, 15) is 9.59 Å². The number of pyridine rings is 1. The first kappa shape index (κ1) is 15.1. The van der Waals surface area contributed by atoms with Crippen LogP contribution in [0.3, 0.4) is 0 Å². The number of hydrogen-bond donors (Lipinski definition) is 0. The van der Waals surface area contributed by atoms with Gasteiger partial charge in [0, 0.05) is 10.7 Å². The second-order valence-electron chi connectivity index (χ2n) is 3.40. The Balaban J connectivity index is 3.11. The van der Waals surface area contributed by atoms with Gasteiger partial charge in [-0.15, -0.1) is 0 Å². The van der Waals surface area contributed by atoms with Crippen molar-refractivity contribution < 1.29 is 19.1 Å². The van der Waals surface area contributed by atoms with Crippen LogP contribution in [-0.4, -0.2) is 30.6 Å². The first-order valence-electron chi connectivity index (χ1n) is 5.35. The van der Waals surface area contributed by atoms with Crippen molar-refractivity contribution >= 4 is 27.9 Å². The summed E-state index contributed by atoms with van der Waals surface area (Å²) in [5, 5.41) is 9.02. The first-order chi connectivity index (χ1) is 9.04. The highest BCUT2D eigenvalue weighted by Crippen LogP contribution is 2.25. The number of aromatic nitrogens is 1. The van der Waals surface area contributed by atoms with E-state index in [-0.39, 0.29) is 17.9 Å². The number of rotatable bonds is 4. The summed E-state index contributed by atoms with van der Waals surface area (Å²) in [7, 11) is 1.25. The molecule has 0 amide bonds. The van der Waals surface area contributed by atoms with Crippen molar-refractivity contribution in [3.63, 3.8) is 0 Å². The number of nitrogens with zero attached hydrogens (tertiary/aromatic N) is 2. The molecule has 19 heavy (non-hydrogen) atoms. The summed E-state index contributed by atoms with van der Waals surface area (Å²) in [4.78, 5) is 26.9. The van der Waals surface area contributed by atoms with Gasteiger partial charge in [0.25, 0.3) is 0 Å². The lowest BCUT2D eigenvalue weighted by Gasteiger charge is -2.10. The van der Waals surface area contributed by atoms with Crippen LogP contribution in [-0.2, 0) is 14.3 Å². The molecular formula is C12H11BrN2O4. The van der Waals surface area contributed by atoms with E-state index in [0.717, 1.165) is 0 Å². The highest BCUT2D eigenvalue weighted by molar-refractivity contribution is 9.10. The maximum atomic E-state index is 11.6. The Hall–Kier alpha value is -1.94. The van der Waals surface area contributed by atoms with Gasteiger partial charge >= 0.3 is 11.9 Å². The van der Waals surface area contributed by atoms with E-state index in [1.54, 1.807) is 6.92 Å². The van der Waals surface area contributed by atoms with Crippen LogP contribution in [0.4, 0.5) is 0 Å². The first-order valence-corrected chi connectivity index (χ1v) is 6.14. The summed E-state index contributed by atoms with van der Waals surface area (Å²) >= 11 is 3.18. The van der Waals surface area contributed by atoms with Crippen molar-refractivity contribution in [2.75, 3.05) is 13.7 Å². The molecule has 0 radical (unpaired) electrons. The number of esters is 2. The largest absolute Gasteiger partial charge is 0.465 e. The van der Waals surface area contributed by atoms with Gasteiger partial charge in [0.15, 0.2) is 5.92 Å². The van der Waals surface area contributed by atoms with Gasteiger partial charge < -0.3 is 9.47 Å². The summed E-state index contributed by atoms with van der Waals surface area (Å²) in [6.07, 6.45) is 1.25. The molecule has 0 bridgehead atoms. The molecule has 6 nitrogen and oxygen atoms in total. The van der Waals surface area contributed by atoms with Crippen LogP contribution in [0.5, 0.6) is 0 Å². The van der Waals surface area contributed by atoms with Crippen molar-refractivity contribution in [3.8, 4) is 6.07 Å². The summed E-state index contributed by atoms with van der Waals surface area (Å²) < 4.78 is 9.71. The lowest BCUT2D eigenvalue weighted by Crippen LogP contribution is -2.16. The molecule has 1 heterocycles. The smallest absolute Gasteiger partial charge is 0.339 e. The molecule has 0 N–H and O–H groups in total. The number of carbonyl (C=O) groups is 2. The van der Waals surface area contributed by atoms with Crippen LogP contribution in [0.1, 0.15) is 28.9 Å². The maximum absolute atomic E-state index is 11.6. The number of nitriles is 1. The van der Waals surface area contributed by atoms with Crippen molar-refractivity contribution in [1.82, 2.24) is 4.98 Å². The van der Waals surface area contributed by atoms with E-state index >= 15 is 0 Å². The van der Waals surface area contributed by atoms with E-state index in [1.807, 2.05) is 6.07 Å². The summed E-state index contributed by atoms with van der Waals surface area (Å²) in [5.41, 5.74) is 0.423. The van der Waals surface area contributed by atoms with Gasteiger partial charge in [0.2, 0.25) is 0 Å². The van der Waals surface area contributed by atoms with Crippen LogP contribution >= 0.6 is 15.9 Å². The molecule has 7 heteroatoms. The van der Waals surface area contributed by atoms with Gasteiger partial charge in [-0.2, -0.15) is 5.26 Å². The zero-order valence-corrected chi connectivity index (χ0v) is 11.9. The van der Waals surface area contributed by atoms with Crippen molar-refractivity contribution in [2.45, 2.75) is 12.8 Å². The predicted octanol–water partition coefficient (Wildman–Crippen LogP) is 1.80. The van der Waals surface area contributed by atoms with Gasteiger partial charge in [-0.05, 0) is 28.9 Å². The fourth-order valence-corrected chi connectivity index (χ4v) is 1.92. The third-order valence-corrected chi connectivity index (χ3v) is 2.85. The monoisotopic (exact) mass is 326 g/mol. The Morgan fingerprint density at radius 2 is 2.26 bits per heavy atom. The molecule has 0 aliphatic carbocycles. The van der Waals surface area contributed by atoms with E-state index in [0.29, 0.717) is 4.47 Å². The number of ether oxygens (including phenoxy) is 2. The maximum Gasteiger partial charge on any atom is 0.339 e. The van der Waals surface area contributed by atoms with Crippen LogP contribution in [0.15, 0.2) is 16.7 Å². The highest BCUT2D eigenvalue weighted by atomic mass is 79.9. The molecule has 0 spiro atoms. The minimum absolute atomic E-state index is 0.175. The van der Waals surface area contributed by atoms with Gasteiger partial charge in [0.05, 0.1) is 31.0 Å². The third-order valence-electron chi connectivity index (χ3n) is 2.22. The standard InChI is InChI=1S/C12H11BrN2O4/c1-3-19-12(17)8(5-14)10-9(13)4-7(6-15-10)11(16)18-2/h4,6,8H,3H2,1-2H3. The molecule has 0 fully saturated rings. The molecule has 1 atom stereocenters. The SMILES string of the molecule is CCOC(=O)C(C#N)c1ncc(C(=O)OC)cc1Br. The minimum Gasteiger partial charge on any atom is -0.465 e. The van der Waals surface area contributed by atoms with Crippen molar-refractivity contribution in [2.24, 2.45) is 0 Å². The van der Waals surface area contributed by atoms with Gasteiger partial charge in [-0.3, -0.25) is 9.78 Å². The molecule has 1 aromatic heterocycles. The number of halogens is 1. The van der Waals surface area contributed by atoms with Gasteiger partial charge in [0.1, 0.15) is 0 Å². The molecular weight excluding hydrogens is 316 g/mol. The van der Waals surface area contributed by atoms with E-state index in [1.165, 1.54) is 19.4 Å². The quantitative estimate of drug-likeness (QED) is 0.784. The second-order valence-corrected chi connectivity index (χ2v) is 4.25. The van der Waals surface area contributed by atoms with Gasteiger partial charge in [-0.25, -0.2) is 4.79 Å².